The Morgan fingerprint density at radius 3 is 2.68 bits per heavy atom. The van der Waals surface area contributed by atoms with Gasteiger partial charge in [-0.05, 0) is 43.2 Å². The van der Waals surface area contributed by atoms with Gasteiger partial charge in [0, 0.05) is 49.0 Å². The van der Waals surface area contributed by atoms with Gasteiger partial charge in [0.2, 0.25) is 0 Å². The third kappa shape index (κ3) is 3.63. The zero-order valence-corrected chi connectivity index (χ0v) is 16.3. The number of benzene rings is 1. The molecule has 1 fully saturated rings. The summed E-state index contributed by atoms with van der Waals surface area (Å²) in [6, 6.07) is 8.32. The first-order valence-corrected chi connectivity index (χ1v) is 9.59. The van der Waals surface area contributed by atoms with Crippen molar-refractivity contribution < 1.29 is 9.53 Å². The first-order valence-electron chi connectivity index (χ1n) is 9.59. The summed E-state index contributed by atoms with van der Waals surface area (Å²) in [6.45, 7) is 8.34. The second-order valence-electron chi connectivity index (χ2n) is 7.45. The Labute approximate surface area is 164 Å². The summed E-state index contributed by atoms with van der Waals surface area (Å²) < 4.78 is 7.26. The molecule has 3 aromatic rings. The average Bonchev–Trinajstić information content (AvgIpc) is 3.08. The van der Waals surface area contributed by atoms with Crippen molar-refractivity contribution in [3.8, 4) is 11.1 Å². The number of fused-ring (bicyclic) bond motifs is 1. The molecule has 146 valence electrons. The lowest BCUT2D eigenvalue weighted by Gasteiger charge is -2.26. The molecule has 0 radical (unpaired) electrons. The van der Waals surface area contributed by atoms with Crippen molar-refractivity contribution in [3.05, 3.63) is 47.9 Å². The van der Waals surface area contributed by atoms with Crippen molar-refractivity contribution >= 4 is 16.8 Å². The smallest absolute Gasteiger partial charge is 0.269 e. The molecule has 1 aromatic carbocycles. The number of nitrogens with two attached hydrogens (primary N) is 1. The third-order valence-electron chi connectivity index (χ3n) is 5.07. The molecule has 2 aromatic heterocycles. The molecular formula is C21H25N5O2. The van der Waals surface area contributed by atoms with Crippen LogP contribution < -0.4 is 5.73 Å². The molecule has 1 aliphatic rings. The van der Waals surface area contributed by atoms with Gasteiger partial charge in [-0.1, -0.05) is 6.07 Å². The van der Waals surface area contributed by atoms with Crippen LogP contribution >= 0.6 is 0 Å². The number of amides is 1. The van der Waals surface area contributed by atoms with Gasteiger partial charge in [-0.15, -0.1) is 0 Å². The van der Waals surface area contributed by atoms with E-state index in [1.165, 1.54) is 0 Å². The fourth-order valence-electron chi connectivity index (χ4n) is 3.65. The average molecular weight is 379 g/mol. The van der Waals surface area contributed by atoms with Crippen LogP contribution in [0, 0.1) is 0 Å². The zero-order chi connectivity index (χ0) is 19.7. The van der Waals surface area contributed by atoms with Gasteiger partial charge in [-0.3, -0.25) is 19.4 Å². The Kier molecular flexibility index (Phi) is 5.11. The van der Waals surface area contributed by atoms with Crippen molar-refractivity contribution in [1.29, 1.82) is 0 Å². The van der Waals surface area contributed by atoms with E-state index in [0.717, 1.165) is 60.4 Å². The van der Waals surface area contributed by atoms with E-state index in [9.17, 15) is 4.79 Å². The number of aromatic nitrogens is 3. The summed E-state index contributed by atoms with van der Waals surface area (Å²) in [5.74, 6) is -0.513. The summed E-state index contributed by atoms with van der Waals surface area (Å²) in [5.41, 5.74) is 9.95. The highest BCUT2D eigenvalue weighted by atomic mass is 16.5. The number of rotatable bonds is 5. The maximum Gasteiger partial charge on any atom is 0.269 e. The molecule has 1 aliphatic heterocycles. The zero-order valence-electron chi connectivity index (χ0n) is 16.3. The lowest BCUT2D eigenvalue weighted by molar-refractivity contribution is 0.0341. The Morgan fingerprint density at radius 2 is 1.96 bits per heavy atom. The number of morpholine rings is 1. The molecule has 28 heavy (non-hydrogen) atoms. The van der Waals surface area contributed by atoms with Gasteiger partial charge >= 0.3 is 0 Å². The van der Waals surface area contributed by atoms with Gasteiger partial charge < -0.3 is 10.5 Å². The molecule has 0 aliphatic carbocycles. The van der Waals surface area contributed by atoms with Crippen molar-refractivity contribution in [1.82, 2.24) is 19.7 Å². The Hall–Kier alpha value is -2.77. The molecule has 4 rings (SSSR count). The molecule has 7 nitrogen and oxygen atoms in total. The summed E-state index contributed by atoms with van der Waals surface area (Å²) >= 11 is 0. The van der Waals surface area contributed by atoms with Crippen LogP contribution in [0.4, 0.5) is 0 Å². The molecule has 0 unspecified atom stereocenters. The quantitative estimate of drug-likeness (QED) is 0.736. The van der Waals surface area contributed by atoms with Crippen LogP contribution in [-0.2, 0) is 11.3 Å². The fraction of sp³-hybridized carbons (Fsp3) is 0.381. The Balaban J connectivity index is 1.70. The molecule has 1 saturated heterocycles. The van der Waals surface area contributed by atoms with Gasteiger partial charge in [0.25, 0.3) is 5.91 Å². The van der Waals surface area contributed by atoms with E-state index in [-0.39, 0.29) is 6.04 Å². The van der Waals surface area contributed by atoms with E-state index in [4.69, 9.17) is 10.5 Å². The first-order chi connectivity index (χ1) is 13.5. The van der Waals surface area contributed by atoms with Crippen LogP contribution in [0.5, 0.6) is 0 Å². The maximum absolute atomic E-state index is 11.9. The highest BCUT2D eigenvalue weighted by molar-refractivity contribution is 6.05. The number of hydrogen-bond donors (Lipinski definition) is 1. The van der Waals surface area contributed by atoms with E-state index >= 15 is 0 Å². The number of hydrogen-bond acceptors (Lipinski definition) is 5. The minimum atomic E-state index is -0.513. The molecule has 0 spiro atoms. The van der Waals surface area contributed by atoms with Crippen LogP contribution in [0.25, 0.3) is 22.0 Å². The Morgan fingerprint density at radius 1 is 1.18 bits per heavy atom. The van der Waals surface area contributed by atoms with Crippen molar-refractivity contribution in [3.63, 3.8) is 0 Å². The maximum atomic E-state index is 11.9. The topological polar surface area (TPSA) is 86.3 Å². The predicted molar refractivity (Wildman–Crippen MR) is 108 cm³/mol. The normalized spacial score (nSPS) is 15.4. The molecule has 7 heteroatoms. The van der Waals surface area contributed by atoms with E-state index < -0.39 is 5.91 Å². The number of carbonyl (C=O) groups excluding carboxylic acids is 1. The fourth-order valence-corrected chi connectivity index (χ4v) is 3.65. The molecule has 2 N–H and O–H groups in total. The number of ether oxygens (including phenoxy) is 1. The first kappa shape index (κ1) is 18.6. The molecule has 0 bridgehead atoms. The van der Waals surface area contributed by atoms with Gasteiger partial charge in [0.1, 0.15) is 0 Å². The number of carbonyl (C=O) groups is 1. The van der Waals surface area contributed by atoms with E-state index in [0.29, 0.717) is 5.69 Å². The van der Waals surface area contributed by atoms with E-state index in [1.54, 1.807) is 0 Å². The molecule has 1 amide bonds. The molecule has 3 heterocycles. The van der Waals surface area contributed by atoms with Gasteiger partial charge in [0.15, 0.2) is 5.69 Å². The Bertz CT molecular complexity index is 1010. The number of primary amides is 1. The van der Waals surface area contributed by atoms with Crippen molar-refractivity contribution in [2.45, 2.75) is 26.4 Å². The summed E-state index contributed by atoms with van der Waals surface area (Å²) in [5, 5.41) is 5.20. The number of pyridine rings is 1. The van der Waals surface area contributed by atoms with Crippen LogP contribution in [0.2, 0.25) is 0 Å². The van der Waals surface area contributed by atoms with E-state index in [2.05, 4.69) is 21.0 Å². The van der Waals surface area contributed by atoms with Gasteiger partial charge in [-0.2, -0.15) is 5.10 Å². The van der Waals surface area contributed by atoms with Crippen LogP contribution in [0.3, 0.4) is 0 Å². The summed E-state index contributed by atoms with van der Waals surface area (Å²) in [6.07, 6.45) is 3.75. The lowest BCUT2D eigenvalue weighted by atomic mass is 10.0. The monoisotopic (exact) mass is 379 g/mol. The van der Waals surface area contributed by atoms with Crippen LogP contribution in [0.15, 0.2) is 36.7 Å². The lowest BCUT2D eigenvalue weighted by Crippen LogP contribution is -2.35. The second kappa shape index (κ2) is 7.69. The largest absolute Gasteiger partial charge is 0.379 e. The summed E-state index contributed by atoms with van der Waals surface area (Å²) in [7, 11) is 0. The highest BCUT2D eigenvalue weighted by Crippen LogP contribution is 2.28. The molecule has 0 saturated carbocycles. The van der Waals surface area contributed by atoms with Crippen LogP contribution in [-0.4, -0.2) is 51.9 Å². The molecular weight excluding hydrogens is 354 g/mol. The minimum absolute atomic E-state index is 0.139. The van der Waals surface area contributed by atoms with E-state index in [1.807, 2.05) is 49.1 Å². The van der Waals surface area contributed by atoms with Crippen molar-refractivity contribution in [2.75, 3.05) is 26.3 Å². The van der Waals surface area contributed by atoms with Crippen LogP contribution in [0.1, 0.15) is 35.9 Å². The predicted octanol–water partition coefficient (Wildman–Crippen LogP) is 2.61. The molecule has 0 atom stereocenters. The van der Waals surface area contributed by atoms with Gasteiger partial charge in [-0.25, -0.2) is 0 Å². The van der Waals surface area contributed by atoms with Gasteiger partial charge in [0.05, 0.1) is 18.7 Å². The summed E-state index contributed by atoms with van der Waals surface area (Å²) in [4.78, 5) is 18.7. The second-order valence-corrected chi connectivity index (χ2v) is 7.45. The number of nitrogens with zero attached hydrogens (tertiary/aromatic N) is 4. The standard InChI is InChI=1S/C21H25N5O2/c1-14(2)26-19-4-3-16(10-18(19)20(24-26)21(22)27)17-9-15(11-23-12-17)13-25-5-7-28-8-6-25/h3-4,9-12,14H,5-8,13H2,1-2H3,(H2,22,27). The minimum Gasteiger partial charge on any atom is -0.379 e. The third-order valence-corrected chi connectivity index (χ3v) is 5.07. The SMILES string of the molecule is CC(C)n1nc(C(N)=O)c2cc(-c3cncc(CN4CCOCC4)c3)ccc21. The highest BCUT2D eigenvalue weighted by Gasteiger charge is 2.17. The van der Waals surface area contributed by atoms with Crippen molar-refractivity contribution in [2.24, 2.45) is 5.73 Å².